The maximum absolute atomic E-state index is 13.8. The fraction of sp³-hybridized carbons (Fsp3) is 0.211. The fourth-order valence-corrected chi connectivity index (χ4v) is 4.77. The van der Waals surface area contributed by atoms with E-state index in [9.17, 15) is 22.7 Å². The van der Waals surface area contributed by atoms with Gasteiger partial charge in [-0.25, -0.2) is 14.4 Å². The molecular weight excluding hydrogens is 662 g/mol. The third-order valence-electron chi connectivity index (χ3n) is 6.77. The molecule has 1 amide bonds. The average molecular weight is 705 g/mol. The monoisotopic (exact) mass is 704 g/mol. The van der Waals surface area contributed by atoms with E-state index in [1.807, 2.05) is 31.2 Å². The number of aliphatic hydroxyl groups is 1. The van der Waals surface area contributed by atoms with Crippen molar-refractivity contribution in [1.29, 1.82) is 0 Å². The number of hydrogen-bond acceptors (Lipinski definition) is 10. The number of benzene rings is 3. The van der Waals surface area contributed by atoms with Crippen LogP contribution in [-0.2, 0) is 25.5 Å². The molecule has 0 saturated heterocycles. The molecular formula is C38H42FLiN6O4S-2. The molecule has 0 aliphatic rings. The summed E-state index contributed by atoms with van der Waals surface area (Å²) >= 11 is 0. The number of pyridine rings is 1. The van der Waals surface area contributed by atoms with E-state index >= 15 is 0 Å². The zero-order chi connectivity index (χ0) is 36.8. The molecule has 0 spiro atoms. The molecule has 0 aliphatic carbocycles. The SMILES string of the molecule is Nc1ccc([S-](=O)=O)cc1.[CH2-]C(C)C.[CH2-][C@@H](O)[C@H](Cc1cc(C)cc(F)c1)NC(=O)c1ccc(C)c(Nc2nccc(-c3cccnc3)n2)c1.[Li+]. The summed E-state index contributed by atoms with van der Waals surface area (Å²) in [6, 6.07) is 20.7. The topological polar surface area (TPSA) is 160 Å². The number of nitrogen functional groups attached to an aromatic ring is 1. The Morgan fingerprint density at radius 1 is 0.980 bits per heavy atom. The number of nitrogens with one attached hydrogen (secondary N) is 2. The first-order chi connectivity index (χ1) is 23.7. The summed E-state index contributed by atoms with van der Waals surface area (Å²) in [7, 11) is -2.14. The zero-order valence-corrected chi connectivity index (χ0v) is 30.3. The van der Waals surface area contributed by atoms with Crippen molar-refractivity contribution in [1.82, 2.24) is 20.3 Å². The Hall–Kier alpha value is -4.60. The number of aliphatic hydroxyl groups excluding tert-OH is 1. The van der Waals surface area contributed by atoms with E-state index in [4.69, 9.17) is 5.73 Å². The van der Waals surface area contributed by atoms with E-state index < -0.39 is 22.8 Å². The molecule has 51 heavy (non-hydrogen) atoms. The third-order valence-corrected chi connectivity index (χ3v) is 7.43. The molecule has 2 heterocycles. The van der Waals surface area contributed by atoms with Gasteiger partial charge in [0.05, 0.1) is 5.69 Å². The number of carbonyl (C=O) groups is 1. The summed E-state index contributed by atoms with van der Waals surface area (Å²) in [4.78, 5) is 26.3. The number of halogens is 1. The van der Waals surface area contributed by atoms with Gasteiger partial charge < -0.3 is 43.7 Å². The van der Waals surface area contributed by atoms with Gasteiger partial charge in [0.1, 0.15) is 5.82 Å². The van der Waals surface area contributed by atoms with Crippen LogP contribution >= 0.6 is 0 Å². The number of amides is 1. The van der Waals surface area contributed by atoms with Gasteiger partial charge in [-0.05, 0) is 108 Å². The summed E-state index contributed by atoms with van der Waals surface area (Å²) in [6.45, 7) is 15.1. The molecule has 264 valence electrons. The van der Waals surface area contributed by atoms with E-state index in [0.29, 0.717) is 40.1 Å². The van der Waals surface area contributed by atoms with Crippen LogP contribution in [0.3, 0.4) is 0 Å². The summed E-state index contributed by atoms with van der Waals surface area (Å²) in [6.07, 6.45) is 4.23. The van der Waals surface area contributed by atoms with Gasteiger partial charge in [-0.15, -0.1) is 0 Å². The summed E-state index contributed by atoms with van der Waals surface area (Å²) in [5, 5.41) is 16.2. The van der Waals surface area contributed by atoms with Crippen molar-refractivity contribution in [2.24, 2.45) is 5.92 Å². The van der Waals surface area contributed by atoms with Crippen molar-refractivity contribution in [3.05, 3.63) is 139 Å². The molecule has 0 fully saturated rings. The minimum absolute atomic E-state index is 0. The quantitative estimate of drug-likeness (QED) is 0.0770. The van der Waals surface area contributed by atoms with Gasteiger partial charge in [0.2, 0.25) is 5.95 Å². The van der Waals surface area contributed by atoms with Crippen molar-refractivity contribution >= 4 is 33.9 Å². The van der Waals surface area contributed by atoms with Gasteiger partial charge in [-0.3, -0.25) is 9.78 Å². The van der Waals surface area contributed by atoms with E-state index in [0.717, 1.165) is 16.7 Å². The van der Waals surface area contributed by atoms with Crippen molar-refractivity contribution in [3.63, 3.8) is 0 Å². The zero-order valence-electron chi connectivity index (χ0n) is 29.5. The molecule has 5 aromatic rings. The number of nitrogens with zero attached hydrogens (tertiary/aromatic N) is 3. The molecule has 0 radical (unpaired) electrons. The van der Waals surface area contributed by atoms with Crippen LogP contribution in [0.15, 0.2) is 102 Å². The minimum atomic E-state index is -2.14. The van der Waals surface area contributed by atoms with Crippen LogP contribution < -0.4 is 35.2 Å². The maximum Gasteiger partial charge on any atom is 1.00 e. The molecule has 0 saturated carbocycles. The van der Waals surface area contributed by atoms with Gasteiger partial charge in [-0.1, -0.05) is 43.0 Å². The largest absolute Gasteiger partial charge is 1.00 e. The van der Waals surface area contributed by atoms with Crippen molar-refractivity contribution in [2.45, 2.75) is 51.2 Å². The Labute approximate surface area is 313 Å². The van der Waals surface area contributed by atoms with Crippen LogP contribution in [0.25, 0.3) is 11.3 Å². The molecule has 0 unspecified atom stereocenters. The normalized spacial score (nSPS) is 11.6. The predicted octanol–water partition coefficient (Wildman–Crippen LogP) is 3.99. The van der Waals surface area contributed by atoms with Gasteiger partial charge in [0.15, 0.2) is 0 Å². The van der Waals surface area contributed by atoms with Crippen molar-refractivity contribution in [2.75, 3.05) is 11.1 Å². The average Bonchev–Trinajstić information content (AvgIpc) is 3.06. The molecule has 5 rings (SSSR count). The van der Waals surface area contributed by atoms with Crippen LogP contribution in [-0.4, -0.2) is 38.1 Å². The Kier molecular flexibility index (Phi) is 17.5. The molecule has 10 nitrogen and oxygen atoms in total. The van der Waals surface area contributed by atoms with Crippen LogP contribution in [0.4, 0.5) is 21.7 Å². The molecule has 0 aliphatic heterocycles. The number of rotatable bonds is 9. The minimum Gasteiger partial charge on any atom is -0.423 e. The Bertz CT molecular complexity index is 1900. The summed E-state index contributed by atoms with van der Waals surface area (Å²) in [5.41, 5.74) is 10.8. The van der Waals surface area contributed by atoms with E-state index in [1.165, 1.54) is 24.3 Å². The van der Waals surface area contributed by atoms with Crippen LogP contribution in [0.1, 0.15) is 40.9 Å². The van der Waals surface area contributed by atoms with E-state index in [1.54, 1.807) is 55.8 Å². The second-order valence-corrected chi connectivity index (χ2v) is 12.8. The number of aromatic nitrogens is 3. The van der Waals surface area contributed by atoms with Gasteiger partial charge in [-0.2, -0.15) is 5.92 Å². The van der Waals surface area contributed by atoms with E-state index in [2.05, 4.69) is 53.3 Å². The smallest absolute Gasteiger partial charge is 0.423 e. The molecule has 2 aromatic heterocycles. The molecule has 2 atom stereocenters. The van der Waals surface area contributed by atoms with Gasteiger partial charge in [0.25, 0.3) is 5.91 Å². The number of anilines is 3. The maximum atomic E-state index is 13.8. The number of nitrogens with two attached hydrogens (primary N) is 1. The van der Waals surface area contributed by atoms with Gasteiger partial charge >= 0.3 is 18.9 Å². The summed E-state index contributed by atoms with van der Waals surface area (Å²) < 4.78 is 34.3. The number of hydrogen-bond donors (Lipinski definition) is 4. The fourth-order valence-electron chi connectivity index (χ4n) is 4.41. The Morgan fingerprint density at radius 2 is 1.67 bits per heavy atom. The van der Waals surface area contributed by atoms with Crippen LogP contribution in [0.2, 0.25) is 0 Å². The van der Waals surface area contributed by atoms with Crippen molar-refractivity contribution in [3.8, 4) is 11.3 Å². The molecule has 0 bridgehead atoms. The summed E-state index contributed by atoms with van der Waals surface area (Å²) in [5.74, 6) is 0.214. The van der Waals surface area contributed by atoms with Crippen LogP contribution in [0.5, 0.6) is 0 Å². The third kappa shape index (κ3) is 14.6. The second kappa shape index (κ2) is 20.9. The Balaban J connectivity index is 0.000000504. The first-order valence-electron chi connectivity index (χ1n) is 15.7. The molecule has 5 N–H and O–H groups in total. The number of aryl methyl sites for hydroxylation is 2. The standard InChI is InChI=1S/C28H27FN5O2.C6H6NO2S.C4H9.Li/c1-17-11-20(13-23(29)12-17)14-26(19(3)35)32-27(36)21-7-6-18(2)25(15-21)34-28-31-10-8-24(33-28)22-5-4-9-30-16-22;7-5-1-3-6(4-2-5)10(8)9;1-4(2)3;/h4-13,15-16,19,26,35H,3,14H2,1-2H3,(H,32,36)(H,31,33,34);1-4H,7H2;4H,1H2,2-3H3;/q3*-1;+1/t19-,26+;;;/m1.../s1. The van der Waals surface area contributed by atoms with Crippen LogP contribution in [0, 0.1) is 39.4 Å². The van der Waals surface area contributed by atoms with E-state index in [-0.39, 0.29) is 41.9 Å². The first-order valence-corrected chi connectivity index (χ1v) is 16.8. The Morgan fingerprint density at radius 3 is 2.25 bits per heavy atom. The molecule has 3 aromatic carbocycles. The second-order valence-electron chi connectivity index (χ2n) is 11.8. The van der Waals surface area contributed by atoms with Gasteiger partial charge in [0, 0.05) is 47.1 Å². The predicted molar refractivity (Wildman–Crippen MR) is 195 cm³/mol. The molecule has 13 heteroatoms. The number of carbonyl (C=O) groups excluding carboxylic acids is 1. The first kappa shape index (κ1) is 42.6. The van der Waals surface area contributed by atoms with Crippen molar-refractivity contribution < 1.29 is 41.6 Å².